The van der Waals surface area contributed by atoms with Crippen LogP contribution in [0.5, 0.6) is 0 Å². The number of alkyl halides is 3. The van der Waals surface area contributed by atoms with Gasteiger partial charge < -0.3 is 9.88 Å². The fourth-order valence-electron chi connectivity index (χ4n) is 3.07. The van der Waals surface area contributed by atoms with Crippen molar-refractivity contribution in [3.8, 4) is 0 Å². The fourth-order valence-corrected chi connectivity index (χ4v) is 3.07. The summed E-state index contributed by atoms with van der Waals surface area (Å²) in [5, 5.41) is 10.4. The van der Waals surface area contributed by atoms with Crippen molar-refractivity contribution in [3.05, 3.63) is 11.6 Å². The average Bonchev–Trinajstić information content (AvgIpc) is 2.72. The Morgan fingerprint density at radius 1 is 1.11 bits per heavy atom. The molecule has 4 nitrogen and oxygen atoms in total. The maximum atomic E-state index is 12.7. The van der Waals surface area contributed by atoms with E-state index >= 15 is 0 Å². The summed E-state index contributed by atoms with van der Waals surface area (Å²) < 4.78 is 39.4. The molecule has 3 heterocycles. The second-order valence-electron chi connectivity index (χ2n) is 5.27. The van der Waals surface area contributed by atoms with Crippen molar-refractivity contribution in [3.63, 3.8) is 0 Å². The van der Waals surface area contributed by atoms with Gasteiger partial charge in [0.15, 0.2) is 0 Å². The normalized spacial score (nSPS) is 21.8. The van der Waals surface area contributed by atoms with Crippen LogP contribution >= 0.6 is 12.4 Å². The van der Waals surface area contributed by atoms with Gasteiger partial charge >= 0.3 is 6.18 Å². The highest BCUT2D eigenvalue weighted by molar-refractivity contribution is 5.85. The molecule has 0 saturated carbocycles. The minimum atomic E-state index is -4.40. The molecule has 1 aromatic heterocycles. The molecule has 0 atom stereocenters. The van der Waals surface area contributed by atoms with Crippen LogP contribution in [-0.2, 0) is 19.1 Å². The van der Waals surface area contributed by atoms with Crippen molar-refractivity contribution in [2.75, 3.05) is 13.1 Å². The summed E-state index contributed by atoms with van der Waals surface area (Å²) in [5.41, 5.74) is 0.136. The number of halogens is 4. The highest BCUT2D eigenvalue weighted by Crippen LogP contribution is 2.41. The number of hydrogen-bond donors (Lipinski definition) is 1. The number of fused-ring (bicyclic) bond motifs is 1. The molecule has 1 N–H and O–H groups in total. The Morgan fingerprint density at radius 3 is 2.42 bits per heavy atom. The summed E-state index contributed by atoms with van der Waals surface area (Å²) in [4.78, 5) is 0. The molecule has 0 unspecified atom stereocenters. The van der Waals surface area contributed by atoms with E-state index in [0.29, 0.717) is 18.8 Å². The van der Waals surface area contributed by atoms with Crippen LogP contribution in [0.15, 0.2) is 0 Å². The van der Waals surface area contributed by atoms with Crippen LogP contribution in [0.2, 0.25) is 0 Å². The lowest BCUT2D eigenvalue weighted by Crippen LogP contribution is -2.42. The van der Waals surface area contributed by atoms with Gasteiger partial charge in [0.05, 0.1) is 0 Å². The quantitative estimate of drug-likeness (QED) is 0.797. The van der Waals surface area contributed by atoms with Crippen LogP contribution in [0.3, 0.4) is 0 Å². The van der Waals surface area contributed by atoms with E-state index in [2.05, 4.69) is 15.5 Å². The first-order chi connectivity index (χ1) is 8.50. The van der Waals surface area contributed by atoms with E-state index < -0.39 is 12.0 Å². The first-order valence-corrected chi connectivity index (χ1v) is 6.20. The highest BCUT2D eigenvalue weighted by Gasteiger charge is 2.43. The van der Waals surface area contributed by atoms with Crippen LogP contribution in [0, 0.1) is 5.41 Å². The van der Waals surface area contributed by atoms with Crippen molar-refractivity contribution in [1.29, 1.82) is 0 Å². The SMILES string of the molecule is Cl.FC(F)(F)c1nnc2n1CCC1(CCNCC1)C2. The van der Waals surface area contributed by atoms with Crippen LogP contribution in [-0.4, -0.2) is 27.9 Å². The van der Waals surface area contributed by atoms with Gasteiger partial charge in [-0.1, -0.05) is 0 Å². The van der Waals surface area contributed by atoms with E-state index in [9.17, 15) is 13.2 Å². The third-order valence-electron chi connectivity index (χ3n) is 4.14. The number of nitrogens with one attached hydrogen (secondary N) is 1. The van der Waals surface area contributed by atoms with E-state index in [-0.39, 0.29) is 17.8 Å². The van der Waals surface area contributed by atoms with Crippen molar-refractivity contribution >= 4 is 12.4 Å². The fraction of sp³-hybridized carbons (Fsp3) is 0.818. The maximum absolute atomic E-state index is 12.7. The summed E-state index contributed by atoms with van der Waals surface area (Å²) >= 11 is 0. The van der Waals surface area contributed by atoms with Gasteiger partial charge in [0.2, 0.25) is 5.82 Å². The maximum Gasteiger partial charge on any atom is 0.451 e. The van der Waals surface area contributed by atoms with Gasteiger partial charge in [0.25, 0.3) is 0 Å². The number of aromatic nitrogens is 3. The Kier molecular flexibility index (Phi) is 3.79. The summed E-state index contributed by atoms with van der Waals surface area (Å²) in [5.74, 6) is -0.350. The van der Waals surface area contributed by atoms with E-state index in [0.717, 1.165) is 32.4 Å². The van der Waals surface area contributed by atoms with Gasteiger partial charge in [0, 0.05) is 13.0 Å². The third-order valence-corrected chi connectivity index (χ3v) is 4.14. The molecule has 1 fully saturated rings. The van der Waals surface area contributed by atoms with E-state index in [4.69, 9.17) is 0 Å². The Bertz CT molecular complexity index is 451. The standard InChI is InChI=1S/C11H15F3N4.ClH/c12-11(13,14)9-17-16-8-7-10(3-6-18(8)9)1-4-15-5-2-10;/h15H,1-7H2;1H. The zero-order valence-electron chi connectivity index (χ0n) is 10.3. The van der Waals surface area contributed by atoms with Crippen LogP contribution in [0.25, 0.3) is 0 Å². The largest absolute Gasteiger partial charge is 0.451 e. The minimum absolute atomic E-state index is 0. The molecule has 0 bridgehead atoms. The Balaban J connectivity index is 0.00000133. The second kappa shape index (κ2) is 4.94. The van der Waals surface area contributed by atoms with Crippen molar-refractivity contribution in [2.24, 2.45) is 5.41 Å². The Hall–Kier alpha value is -0.820. The summed E-state index contributed by atoms with van der Waals surface area (Å²) in [6, 6.07) is 0. The molecule has 0 radical (unpaired) electrons. The molecular weight excluding hydrogens is 281 g/mol. The lowest BCUT2D eigenvalue weighted by Gasteiger charge is -2.40. The molecule has 3 rings (SSSR count). The summed E-state index contributed by atoms with van der Waals surface area (Å²) in [6.07, 6.45) is -0.952. The Labute approximate surface area is 115 Å². The number of nitrogens with zero attached hydrogens (tertiary/aromatic N) is 3. The second-order valence-corrected chi connectivity index (χ2v) is 5.27. The molecule has 8 heteroatoms. The smallest absolute Gasteiger partial charge is 0.317 e. The predicted octanol–water partition coefficient (Wildman–Crippen LogP) is 2.03. The first-order valence-electron chi connectivity index (χ1n) is 6.20. The molecule has 108 valence electrons. The summed E-state index contributed by atoms with van der Waals surface area (Å²) in [6.45, 7) is 2.28. The molecule has 1 spiro atoms. The van der Waals surface area contributed by atoms with Crippen LogP contribution < -0.4 is 5.32 Å². The monoisotopic (exact) mass is 296 g/mol. The first kappa shape index (κ1) is 14.6. The van der Waals surface area contributed by atoms with Gasteiger partial charge in [0.1, 0.15) is 5.82 Å². The highest BCUT2D eigenvalue weighted by atomic mass is 35.5. The van der Waals surface area contributed by atoms with E-state index in [1.807, 2.05) is 0 Å². The van der Waals surface area contributed by atoms with Crippen LogP contribution in [0.4, 0.5) is 13.2 Å². The molecule has 2 aliphatic heterocycles. The molecule has 0 aromatic carbocycles. The minimum Gasteiger partial charge on any atom is -0.317 e. The van der Waals surface area contributed by atoms with Crippen LogP contribution in [0.1, 0.15) is 30.9 Å². The topological polar surface area (TPSA) is 42.7 Å². The van der Waals surface area contributed by atoms with Crippen molar-refractivity contribution in [1.82, 2.24) is 20.1 Å². The molecule has 2 aliphatic rings. The molecule has 19 heavy (non-hydrogen) atoms. The number of rotatable bonds is 0. The van der Waals surface area contributed by atoms with Crippen molar-refractivity contribution in [2.45, 2.75) is 38.4 Å². The van der Waals surface area contributed by atoms with Crippen molar-refractivity contribution < 1.29 is 13.2 Å². The average molecular weight is 297 g/mol. The lowest BCUT2D eigenvalue weighted by molar-refractivity contribution is -0.148. The molecule has 0 amide bonds. The predicted molar refractivity (Wildman–Crippen MR) is 65.1 cm³/mol. The van der Waals surface area contributed by atoms with Gasteiger partial charge in [-0.15, -0.1) is 22.6 Å². The molecule has 0 aliphatic carbocycles. The Morgan fingerprint density at radius 2 is 1.79 bits per heavy atom. The van der Waals surface area contributed by atoms with Gasteiger partial charge in [-0.25, -0.2) is 0 Å². The molecular formula is C11H16ClF3N4. The number of piperidine rings is 1. The summed E-state index contributed by atoms with van der Waals surface area (Å²) in [7, 11) is 0. The van der Waals surface area contributed by atoms with Gasteiger partial charge in [-0.05, 0) is 37.8 Å². The lowest BCUT2D eigenvalue weighted by atomic mass is 9.72. The van der Waals surface area contributed by atoms with Gasteiger partial charge in [-0.2, -0.15) is 13.2 Å². The zero-order chi connectivity index (χ0) is 12.8. The molecule has 1 aromatic rings. The van der Waals surface area contributed by atoms with E-state index in [1.165, 1.54) is 4.57 Å². The van der Waals surface area contributed by atoms with Gasteiger partial charge in [-0.3, -0.25) is 0 Å². The third kappa shape index (κ3) is 2.58. The number of hydrogen-bond acceptors (Lipinski definition) is 3. The molecule has 1 saturated heterocycles. The van der Waals surface area contributed by atoms with E-state index in [1.54, 1.807) is 0 Å². The zero-order valence-corrected chi connectivity index (χ0v) is 11.2.